The first-order valence-corrected chi connectivity index (χ1v) is 13.0. The number of hydrogen-bond acceptors (Lipinski definition) is 7. The number of carbonyl (C=O) groups is 2. The number of amides is 2. The third-order valence-electron chi connectivity index (χ3n) is 5.76. The van der Waals surface area contributed by atoms with Gasteiger partial charge in [-0.2, -0.15) is 0 Å². The van der Waals surface area contributed by atoms with Crippen molar-refractivity contribution < 1.29 is 22.9 Å². The second-order valence-corrected chi connectivity index (χ2v) is 11.7. The van der Waals surface area contributed by atoms with Gasteiger partial charge in [-0.15, -0.1) is 0 Å². The highest BCUT2D eigenvalue weighted by molar-refractivity contribution is 8.25. The first-order chi connectivity index (χ1) is 16.7. The number of nitro benzene ring substituents is 1. The smallest absolute Gasteiger partial charge is 0.285 e. The summed E-state index contributed by atoms with van der Waals surface area (Å²) in [5.41, 5.74) is 1.20. The molecule has 1 atom stereocenters. The molecule has 1 aliphatic heterocycles. The molecule has 35 heavy (non-hydrogen) atoms. The molecule has 0 radical (unpaired) electrons. The van der Waals surface area contributed by atoms with E-state index < -0.39 is 30.0 Å². The zero-order valence-corrected chi connectivity index (χ0v) is 20.2. The Morgan fingerprint density at radius 1 is 1.09 bits per heavy atom. The maximum Gasteiger partial charge on any atom is 0.287 e. The fourth-order valence-corrected chi connectivity index (χ4v) is 7.48. The Bertz CT molecular complexity index is 1530. The van der Waals surface area contributed by atoms with Crippen LogP contribution in [0.25, 0.3) is 10.8 Å². The number of unbranched alkanes of at least 4 members (excludes halogenated alkanes) is 1. The number of aryl methyl sites for hydroxylation is 1. The molecule has 1 saturated heterocycles. The molecule has 0 aromatic heterocycles. The number of non-ortho nitro benzene ring substituents is 1. The largest absolute Gasteiger partial charge is 0.287 e. The number of nitrogens with zero attached hydrogens (tertiary/aromatic N) is 1. The number of imide groups is 1. The van der Waals surface area contributed by atoms with E-state index in [1.54, 1.807) is 49.4 Å². The molecule has 0 aliphatic carbocycles. The molecule has 1 unspecified atom stereocenters. The summed E-state index contributed by atoms with van der Waals surface area (Å²) < 4.78 is 25.6. The summed E-state index contributed by atoms with van der Waals surface area (Å²) in [4.78, 5) is 35.5. The van der Waals surface area contributed by atoms with Crippen LogP contribution in [0, 0.1) is 28.9 Å². The van der Waals surface area contributed by atoms with Crippen LogP contribution in [0.15, 0.2) is 65.6 Å². The van der Waals surface area contributed by atoms with Crippen molar-refractivity contribution in [3.63, 3.8) is 0 Å². The highest BCUT2D eigenvalue weighted by Crippen LogP contribution is 2.45. The van der Waals surface area contributed by atoms with Crippen LogP contribution >= 0.6 is 11.8 Å². The van der Waals surface area contributed by atoms with Crippen LogP contribution in [-0.2, 0) is 14.6 Å². The molecule has 0 saturated carbocycles. The summed E-state index contributed by atoms with van der Waals surface area (Å²) in [6, 6.07) is 16.2. The van der Waals surface area contributed by atoms with E-state index in [2.05, 4.69) is 17.2 Å². The second-order valence-electron chi connectivity index (χ2n) is 7.99. The molecule has 2 amide bonds. The topological polar surface area (TPSA) is 123 Å². The third-order valence-corrected chi connectivity index (χ3v) is 9.86. The summed E-state index contributed by atoms with van der Waals surface area (Å²) in [6.07, 6.45) is 0.332. The van der Waals surface area contributed by atoms with Crippen molar-refractivity contribution >= 4 is 49.2 Å². The highest BCUT2D eigenvalue weighted by Gasteiger charge is 2.58. The van der Waals surface area contributed by atoms with Gasteiger partial charge in [0.05, 0.1) is 9.82 Å². The Balaban J connectivity index is 1.62. The first-order valence-electron chi connectivity index (χ1n) is 10.7. The summed E-state index contributed by atoms with van der Waals surface area (Å²) in [6.45, 7) is 1.78. The van der Waals surface area contributed by atoms with E-state index in [1.807, 2.05) is 0 Å². The van der Waals surface area contributed by atoms with Crippen LogP contribution in [0.1, 0.15) is 30.4 Å². The van der Waals surface area contributed by atoms with Crippen LogP contribution in [0.5, 0.6) is 0 Å². The van der Waals surface area contributed by atoms with Gasteiger partial charge in [0.2, 0.25) is 13.9 Å². The maximum absolute atomic E-state index is 13.8. The van der Waals surface area contributed by atoms with E-state index in [0.717, 1.165) is 5.56 Å². The predicted molar refractivity (Wildman–Crippen MR) is 134 cm³/mol. The normalized spacial score (nSPS) is 17.6. The molecular weight excluding hydrogens is 488 g/mol. The van der Waals surface area contributed by atoms with Gasteiger partial charge in [-0.05, 0) is 48.5 Å². The van der Waals surface area contributed by atoms with Gasteiger partial charge in [0.1, 0.15) is 0 Å². The van der Waals surface area contributed by atoms with Gasteiger partial charge in [-0.3, -0.25) is 25.0 Å². The van der Waals surface area contributed by atoms with Crippen molar-refractivity contribution in [2.24, 2.45) is 0 Å². The van der Waals surface area contributed by atoms with Crippen LogP contribution in [0.3, 0.4) is 0 Å². The molecule has 4 rings (SSSR count). The van der Waals surface area contributed by atoms with E-state index in [1.165, 1.54) is 18.2 Å². The predicted octanol–water partition coefficient (Wildman–Crippen LogP) is 4.73. The Morgan fingerprint density at radius 2 is 1.83 bits per heavy atom. The third kappa shape index (κ3) is 4.52. The van der Waals surface area contributed by atoms with Gasteiger partial charge < -0.3 is 0 Å². The lowest BCUT2D eigenvalue weighted by molar-refractivity contribution is -0.384. The van der Waals surface area contributed by atoms with E-state index >= 15 is 0 Å². The Labute approximate surface area is 206 Å². The molecule has 10 heteroatoms. The Morgan fingerprint density at radius 3 is 2.54 bits per heavy atom. The van der Waals surface area contributed by atoms with E-state index in [-0.39, 0.29) is 29.8 Å². The van der Waals surface area contributed by atoms with Gasteiger partial charge in [0.15, 0.2) is 0 Å². The number of nitrogens with one attached hydrogen (secondary N) is 1. The van der Waals surface area contributed by atoms with Crippen molar-refractivity contribution in [3.8, 4) is 11.8 Å². The van der Waals surface area contributed by atoms with E-state index in [0.29, 0.717) is 28.1 Å². The molecule has 178 valence electrons. The number of rotatable bonds is 6. The van der Waals surface area contributed by atoms with Gasteiger partial charge in [0.25, 0.3) is 16.8 Å². The molecular formula is C25H20N2O6S2. The fourth-order valence-electron chi connectivity index (χ4n) is 3.92. The minimum Gasteiger partial charge on any atom is -0.285 e. The van der Waals surface area contributed by atoms with Crippen molar-refractivity contribution in [1.82, 2.24) is 5.32 Å². The molecule has 1 fully saturated rings. The highest BCUT2D eigenvalue weighted by atomic mass is 32.3. The number of carbonyl (C=O) groups excluding carboxylic acids is 2. The number of sulfone groups is 1. The molecule has 8 nitrogen and oxygen atoms in total. The average Bonchev–Trinajstić information content (AvgIpc) is 3.13. The average molecular weight is 509 g/mol. The summed E-state index contributed by atoms with van der Waals surface area (Å²) in [7, 11) is -4.26. The number of benzene rings is 3. The Hall–Kier alpha value is -3.68. The maximum atomic E-state index is 13.8. The van der Waals surface area contributed by atoms with E-state index in [4.69, 9.17) is 0 Å². The number of nitro groups is 1. The number of thioether (sulfide) groups is 1. The quantitative estimate of drug-likeness (QED) is 0.221. The molecule has 1 heterocycles. The van der Waals surface area contributed by atoms with Gasteiger partial charge in [0, 0.05) is 29.5 Å². The zero-order chi connectivity index (χ0) is 25.2. The summed E-state index contributed by atoms with van der Waals surface area (Å²) >= 11 is 0.483. The molecule has 0 spiro atoms. The SMILES string of the molecule is Cc1ccc([N+](=O)[O-])cc1C#CCCCC1(S(=O)(=O)c2cccc3ccccc23)SC(=O)NC1=O. The minimum absolute atomic E-state index is 0.00810. The molecule has 1 aliphatic rings. The zero-order valence-electron chi connectivity index (χ0n) is 18.6. The van der Waals surface area contributed by atoms with Crippen molar-refractivity contribution in [3.05, 3.63) is 81.9 Å². The van der Waals surface area contributed by atoms with Gasteiger partial charge in [-0.25, -0.2) is 8.42 Å². The lowest BCUT2D eigenvalue weighted by atomic mass is 10.1. The molecule has 3 aromatic carbocycles. The summed E-state index contributed by atoms with van der Waals surface area (Å²) in [5, 5.41) is 13.6. The minimum atomic E-state index is -4.26. The van der Waals surface area contributed by atoms with E-state index in [9.17, 15) is 28.1 Å². The first kappa shape index (κ1) is 24.4. The van der Waals surface area contributed by atoms with Crippen LogP contribution in [-0.4, -0.2) is 28.6 Å². The van der Waals surface area contributed by atoms with Gasteiger partial charge in [-0.1, -0.05) is 54.3 Å². The molecule has 1 N–H and O–H groups in total. The number of hydrogen-bond donors (Lipinski definition) is 1. The van der Waals surface area contributed by atoms with Crippen molar-refractivity contribution in [2.75, 3.05) is 0 Å². The van der Waals surface area contributed by atoms with Crippen LogP contribution < -0.4 is 5.32 Å². The van der Waals surface area contributed by atoms with Gasteiger partial charge >= 0.3 is 0 Å². The Kier molecular flexibility index (Phi) is 6.65. The molecule has 3 aromatic rings. The lowest BCUT2D eigenvalue weighted by Crippen LogP contribution is -2.43. The molecule has 0 bridgehead atoms. The lowest BCUT2D eigenvalue weighted by Gasteiger charge is -2.24. The fraction of sp³-hybridized carbons (Fsp3) is 0.200. The van der Waals surface area contributed by atoms with Crippen LogP contribution in [0.4, 0.5) is 10.5 Å². The second kappa shape index (κ2) is 9.52. The summed E-state index contributed by atoms with van der Waals surface area (Å²) in [5.74, 6) is 4.93. The van der Waals surface area contributed by atoms with Crippen molar-refractivity contribution in [2.45, 2.75) is 35.2 Å². The monoisotopic (exact) mass is 508 g/mol. The van der Waals surface area contributed by atoms with Crippen molar-refractivity contribution in [1.29, 1.82) is 0 Å². The van der Waals surface area contributed by atoms with Crippen LogP contribution in [0.2, 0.25) is 0 Å². The standard InChI is InChI=1S/C25H20N2O6S2/c1-17-13-14-20(27(30)31)16-19(17)9-3-2-6-15-25(23(28)26-24(29)34-25)35(32,33)22-12-7-10-18-8-4-5-11-21(18)22/h4-5,7-8,10-14,16H,2,6,15H2,1H3,(H,26,28,29). The number of fused-ring (bicyclic) bond motifs is 1.